The molecule has 0 saturated carbocycles. The van der Waals surface area contributed by atoms with Crippen LogP contribution in [0.5, 0.6) is 0 Å². The van der Waals surface area contributed by atoms with Crippen molar-refractivity contribution < 1.29 is 61.4 Å². The van der Waals surface area contributed by atoms with Crippen molar-refractivity contribution in [3.63, 3.8) is 0 Å². The van der Waals surface area contributed by atoms with Crippen molar-refractivity contribution in [2.75, 3.05) is 6.61 Å². The fourth-order valence-corrected chi connectivity index (χ4v) is 6.02. The Bertz CT molecular complexity index is 1100. The van der Waals surface area contributed by atoms with Crippen LogP contribution in [0, 0.1) is 0 Å². The maximum absolute atomic E-state index is 12.3. The molecular weight excluding hydrogens is 517 g/mol. The van der Waals surface area contributed by atoms with Gasteiger partial charge in [0.25, 0.3) is 5.56 Å². The van der Waals surface area contributed by atoms with E-state index in [2.05, 4.69) is 18.1 Å². The molecular formula is C13H23N2O15P3. The van der Waals surface area contributed by atoms with Gasteiger partial charge in [-0.05, 0) is 12.8 Å². The van der Waals surface area contributed by atoms with Crippen molar-refractivity contribution in [2.45, 2.75) is 50.6 Å². The van der Waals surface area contributed by atoms with Gasteiger partial charge in [0.15, 0.2) is 0 Å². The molecule has 1 aromatic rings. The summed E-state index contributed by atoms with van der Waals surface area (Å²) in [4.78, 5) is 64.0. The van der Waals surface area contributed by atoms with Crippen LogP contribution < -0.4 is 11.2 Å². The number of phosphoric acid groups is 3. The van der Waals surface area contributed by atoms with Crippen molar-refractivity contribution >= 4 is 23.5 Å². The highest BCUT2D eigenvalue weighted by Gasteiger charge is 2.47. The van der Waals surface area contributed by atoms with Crippen molar-refractivity contribution in [1.82, 2.24) is 9.97 Å². The predicted octanol–water partition coefficient (Wildman–Crippen LogP) is -1.09. The van der Waals surface area contributed by atoms with Crippen LogP contribution in [0.15, 0.2) is 9.59 Å². The summed E-state index contributed by atoms with van der Waals surface area (Å²) in [5.41, 5.74) is -1.73. The van der Waals surface area contributed by atoms with Gasteiger partial charge in [-0.3, -0.25) is 14.3 Å². The molecule has 33 heavy (non-hydrogen) atoms. The van der Waals surface area contributed by atoms with Crippen LogP contribution in [0.1, 0.15) is 37.1 Å². The lowest BCUT2D eigenvalue weighted by atomic mass is 9.99. The third-order valence-corrected chi connectivity index (χ3v) is 8.11. The Morgan fingerprint density at radius 2 is 1.61 bits per heavy atom. The van der Waals surface area contributed by atoms with E-state index in [-0.39, 0.29) is 17.7 Å². The molecule has 2 heterocycles. The Labute approximate surface area is 184 Å². The first kappa shape index (κ1) is 28.2. The highest BCUT2D eigenvalue weighted by molar-refractivity contribution is 7.66. The van der Waals surface area contributed by atoms with Gasteiger partial charge in [0.2, 0.25) is 0 Å². The second-order valence-electron chi connectivity index (χ2n) is 6.87. The summed E-state index contributed by atoms with van der Waals surface area (Å²) in [5.74, 6) is 0. The first-order chi connectivity index (χ1) is 15.1. The van der Waals surface area contributed by atoms with Gasteiger partial charge in [-0.2, -0.15) is 8.62 Å². The van der Waals surface area contributed by atoms with Crippen molar-refractivity contribution in [3.8, 4) is 0 Å². The van der Waals surface area contributed by atoms with Gasteiger partial charge >= 0.3 is 29.2 Å². The lowest BCUT2D eigenvalue weighted by Gasteiger charge is -2.19. The normalized spacial score (nSPS) is 27.2. The van der Waals surface area contributed by atoms with E-state index in [1.54, 1.807) is 0 Å². The Hall–Kier alpha value is -1.03. The molecule has 0 amide bonds. The van der Waals surface area contributed by atoms with Crippen molar-refractivity contribution in [3.05, 3.63) is 32.1 Å². The van der Waals surface area contributed by atoms with Gasteiger partial charge in [-0.1, -0.05) is 13.3 Å². The summed E-state index contributed by atoms with van der Waals surface area (Å²) < 4.78 is 50.7. The summed E-state index contributed by atoms with van der Waals surface area (Å²) in [6, 6.07) is 0. The molecule has 6 atom stereocenters. The lowest BCUT2D eigenvalue weighted by Crippen LogP contribution is -2.35. The molecule has 1 saturated heterocycles. The molecule has 1 aliphatic heterocycles. The van der Waals surface area contributed by atoms with E-state index in [0.29, 0.717) is 12.8 Å². The van der Waals surface area contributed by atoms with E-state index in [4.69, 9.17) is 19.4 Å². The maximum atomic E-state index is 12.3. The Morgan fingerprint density at radius 1 is 0.970 bits per heavy atom. The van der Waals surface area contributed by atoms with Gasteiger partial charge in [0, 0.05) is 5.69 Å². The molecule has 8 N–H and O–H groups in total. The molecule has 0 aliphatic carbocycles. The number of ether oxygens (including phenoxy) is 1. The average molecular weight is 540 g/mol. The van der Waals surface area contributed by atoms with E-state index < -0.39 is 65.7 Å². The minimum Gasteiger partial charge on any atom is -0.387 e. The summed E-state index contributed by atoms with van der Waals surface area (Å²) in [7, 11) is -16.8. The van der Waals surface area contributed by atoms with Crippen molar-refractivity contribution in [1.29, 1.82) is 0 Å². The van der Waals surface area contributed by atoms with Gasteiger partial charge in [-0.15, -0.1) is 0 Å². The first-order valence-electron chi connectivity index (χ1n) is 9.20. The van der Waals surface area contributed by atoms with E-state index in [9.17, 15) is 38.4 Å². The zero-order valence-corrected chi connectivity index (χ0v) is 19.5. The quantitative estimate of drug-likeness (QED) is 0.155. The van der Waals surface area contributed by atoms with Crippen molar-refractivity contribution in [2.24, 2.45) is 0 Å². The number of rotatable bonds is 11. The van der Waals surface area contributed by atoms with Crippen LogP contribution in [0.3, 0.4) is 0 Å². The number of phosphoric ester groups is 1. The van der Waals surface area contributed by atoms with Gasteiger partial charge in [0.1, 0.15) is 24.4 Å². The van der Waals surface area contributed by atoms with Crippen LogP contribution in [-0.2, 0) is 38.0 Å². The Balaban J connectivity index is 2.16. The molecule has 0 radical (unpaired) electrons. The smallest absolute Gasteiger partial charge is 0.387 e. The predicted molar refractivity (Wildman–Crippen MR) is 106 cm³/mol. The molecule has 20 heteroatoms. The number of aliphatic hydroxyl groups excluding tert-OH is 2. The monoisotopic (exact) mass is 540 g/mol. The van der Waals surface area contributed by atoms with Crippen LogP contribution in [0.2, 0.25) is 0 Å². The minimum atomic E-state index is -5.75. The number of aromatic nitrogens is 2. The van der Waals surface area contributed by atoms with E-state index in [1.165, 1.54) is 0 Å². The molecule has 190 valence electrons. The minimum absolute atomic E-state index is 0.149. The molecule has 2 rings (SSSR count). The fourth-order valence-electron chi connectivity index (χ4n) is 2.99. The van der Waals surface area contributed by atoms with E-state index in [1.807, 2.05) is 11.9 Å². The molecule has 17 nitrogen and oxygen atoms in total. The molecule has 1 aliphatic rings. The molecule has 0 spiro atoms. The number of aromatic amines is 2. The number of hydrogen-bond acceptors (Lipinski definition) is 11. The third kappa shape index (κ3) is 8.01. The maximum Gasteiger partial charge on any atom is 0.490 e. The molecule has 1 fully saturated rings. The van der Waals surface area contributed by atoms with Gasteiger partial charge < -0.3 is 39.5 Å². The number of H-pyrrole nitrogens is 2. The number of aryl methyl sites for hydroxylation is 1. The standard InChI is InChI=1S/C13H23N2O15P3/c1-2-3-4-6-8(12(18)15-13(19)14-6)11-10(17)9(16)7(28-11)5-27-32(23,24)30-33(25,26)29-31(20,21)22/h7,9-11,16-17H,2-5H2,1H3,(H,23,24)(H,25,26)(H2,20,21,22)(H2,14,15,18,19)/t7-,9-,10-,11+/m1/s1. The number of aliphatic hydroxyl groups is 2. The summed E-state index contributed by atoms with van der Waals surface area (Å²) >= 11 is 0. The number of nitrogens with one attached hydrogen (secondary N) is 2. The van der Waals surface area contributed by atoms with E-state index in [0.717, 1.165) is 0 Å². The Morgan fingerprint density at radius 3 is 2.18 bits per heavy atom. The van der Waals surface area contributed by atoms with Crippen LogP contribution in [0.4, 0.5) is 0 Å². The zero-order chi connectivity index (χ0) is 25.2. The second-order valence-corrected chi connectivity index (χ2v) is 11.3. The topological polar surface area (TPSA) is 275 Å². The second kappa shape index (κ2) is 10.7. The fraction of sp³-hybridized carbons (Fsp3) is 0.692. The van der Waals surface area contributed by atoms with E-state index >= 15 is 0 Å². The van der Waals surface area contributed by atoms with Gasteiger partial charge in [0.05, 0.1) is 12.2 Å². The highest BCUT2D eigenvalue weighted by Crippen LogP contribution is 2.66. The molecule has 2 unspecified atom stereocenters. The summed E-state index contributed by atoms with van der Waals surface area (Å²) in [6.07, 6.45) is -5.08. The molecule has 0 aromatic carbocycles. The Kier molecular flexibility index (Phi) is 9.15. The average Bonchev–Trinajstić information content (AvgIpc) is 2.89. The molecule has 1 aromatic heterocycles. The first-order valence-corrected chi connectivity index (χ1v) is 13.7. The lowest BCUT2D eigenvalue weighted by molar-refractivity contribution is -0.0230. The number of hydrogen-bond donors (Lipinski definition) is 8. The third-order valence-electron chi connectivity index (χ3n) is 4.31. The SMILES string of the molecule is CCCCc1[nH]c(=O)[nH]c(=O)c1[C@@H]1O[C@H](COP(=O)(O)OP(=O)(O)OP(=O)(O)O)[C@@H](O)[C@H]1O. The van der Waals surface area contributed by atoms with Gasteiger partial charge in [-0.25, -0.2) is 18.5 Å². The summed E-state index contributed by atoms with van der Waals surface area (Å²) in [5, 5.41) is 20.5. The summed E-state index contributed by atoms with van der Waals surface area (Å²) in [6.45, 7) is 0.818. The highest BCUT2D eigenvalue weighted by atomic mass is 31.3. The zero-order valence-electron chi connectivity index (χ0n) is 16.8. The number of unbranched alkanes of at least 4 members (excludes halogenated alkanes) is 1. The van der Waals surface area contributed by atoms with Crippen LogP contribution in [-0.4, -0.2) is 64.7 Å². The largest absolute Gasteiger partial charge is 0.490 e. The van der Waals surface area contributed by atoms with Crippen LogP contribution in [0.25, 0.3) is 0 Å². The van der Waals surface area contributed by atoms with Crippen LogP contribution >= 0.6 is 23.5 Å². The molecule has 0 bridgehead atoms.